The van der Waals surface area contributed by atoms with Crippen molar-refractivity contribution in [3.8, 4) is 5.75 Å². The molecule has 0 aliphatic heterocycles. The fraction of sp³-hybridized carbons (Fsp3) is 0.562. The minimum absolute atomic E-state index is 0.260. The highest BCUT2D eigenvalue weighted by molar-refractivity contribution is 5.73. The molecule has 0 bridgehead atoms. The van der Waals surface area contributed by atoms with E-state index in [2.05, 4.69) is 0 Å². The van der Waals surface area contributed by atoms with Crippen LogP contribution < -0.4 is 10.5 Å². The summed E-state index contributed by atoms with van der Waals surface area (Å²) < 4.78 is 6.15. The Labute approximate surface area is 119 Å². The Kier molecular flexibility index (Phi) is 4.65. The Morgan fingerprint density at radius 1 is 1.40 bits per heavy atom. The molecule has 0 saturated heterocycles. The van der Waals surface area contributed by atoms with E-state index in [-0.39, 0.29) is 6.10 Å². The predicted octanol–water partition coefficient (Wildman–Crippen LogP) is 2.58. The molecule has 1 aromatic rings. The van der Waals surface area contributed by atoms with Gasteiger partial charge in [0.1, 0.15) is 11.8 Å². The van der Waals surface area contributed by atoms with E-state index < -0.39 is 12.0 Å². The zero-order valence-electron chi connectivity index (χ0n) is 12.2. The molecule has 0 heterocycles. The van der Waals surface area contributed by atoms with Gasteiger partial charge in [-0.05, 0) is 56.2 Å². The van der Waals surface area contributed by atoms with E-state index in [1.54, 1.807) is 0 Å². The highest BCUT2D eigenvalue weighted by atomic mass is 16.5. The highest BCUT2D eigenvalue weighted by Crippen LogP contribution is 2.32. The van der Waals surface area contributed by atoms with Crippen molar-refractivity contribution < 1.29 is 14.6 Å². The van der Waals surface area contributed by atoms with Gasteiger partial charge in [-0.1, -0.05) is 12.1 Å². The summed E-state index contributed by atoms with van der Waals surface area (Å²) in [6, 6.07) is 3.05. The molecule has 3 N–H and O–H groups in total. The van der Waals surface area contributed by atoms with Crippen LogP contribution in [0.5, 0.6) is 5.75 Å². The summed E-state index contributed by atoms with van der Waals surface area (Å²) in [6.07, 6.45) is 5.14. The van der Waals surface area contributed by atoms with Crippen molar-refractivity contribution >= 4 is 5.97 Å². The number of aryl methyl sites for hydroxylation is 1. The number of hydrogen-bond acceptors (Lipinski definition) is 3. The number of carboxylic acid groups (broad SMARTS) is 1. The third kappa shape index (κ3) is 3.31. The van der Waals surface area contributed by atoms with Gasteiger partial charge in [0.15, 0.2) is 0 Å². The zero-order valence-corrected chi connectivity index (χ0v) is 12.2. The maximum atomic E-state index is 10.9. The van der Waals surface area contributed by atoms with Gasteiger partial charge in [0, 0.05) is 6.42 Å². The Morgan fingerprint density at radius 2 is 2.05 bits per heavy atom. The van der Waals surface area contributed by atoms with Crippen molar-refractivity contribution in [1.29, 1.82) is 0 Å². The monoisotopic (exact) mass is 277 g/mol. The first-order chi connectivity index (χ1) is 9.49. The number of benzene rings is 1. The first kappa shape index (κ1) is 14.9. The van der Waals surface area contributed by atoms with Gasteiger partial charge < -0.3 is 15.6 Å². The van der Waals surface area contributed by atoms with E-state index in [0.29, 0.717) is 6.42 Å². The average molecular weight is 277 g/mol. The minimum Gasteiger partial charge on any atom is -0.490 e. The number of rotatable bonds is 5. The summed E-state index contributed by atoms with van der Waals surface area (Å²) in [6.45, 7) is 4.06. The first-order valence-electron chi connectivity index (χ1n) is 7.23. The van der Waals surface area contributed by atoms with E-state index in [1.165, 1.54) is 12.8 Å². The van der Waals surface area contributed by atoms with Gasteiger partial charge in [-0.15, -0.1) is 0 Å². The van der Waals surface area contributed by atoms with Crippen LogP contribution in [0.1, 0.15) is 42.4 Å². The van der Waals surface area contributed by atoms with E-state index in [9.17, 15) is 4.79 Å². The zero-order chi connectivity index (χ0) is 14.7. The lowest BCUT2D eigenvalue weighted by molar-refractivity contribution is -0.138. The fourth-order valence-corrected chi connectivity index (χ4v) is 2.67. The van der Waals surface area contributed by atoms with Crippen molar-refractivity contribution in [3.63, 3.8) is 0 Å². The maximum absolute atomic E-state index is 10.9. The summed E-state index contributed by atoms with van der Waals surface area (Å²) in [5, 5.41) is 8.98. The molecular weight excluding hydrogens is 254 g/mol. The SMILES string of the molecule is Cc1ccc(CC(N)C(=O)O)c(OC2CCCC2)c1C. The molecule has 1 saturated carbocycles. The van der Waals surface area contributed by atoms with Crippen molar-refractivity contribution in [2.24, 2.45) is 5.73 Å². The van der Waals surface area contributed by atoms with E-state index >= 15 is 0 Å². The molecule has 1 aliphatic carbocycles. The molecule has 20 heavy (non-hydrogen) atoms. The normalized spacial score (nSPS) is 17.1. The molecule has 1 aliphatic rings. The number of nitrogens with two attached hydrogens (primary N) is 1. The van der Waals surface area contributed by atoms with Gasteiger partial charge in [-0.25, -0.2) is 0 Å². The average Bonchev–Trinajstić information content (AvgIpc) is 2.91. The van der Waals surface area contributed by atoms with Gasteiger partial charge in [0.05, 0.1) is 6.10 Å². The molecule has 0 amide bonds. The summed E-state index contributed by atoms with van der Waals surface area (Å²) in [5.74, 6) is -0.136. The second kappa shape index (κ2) is 6.27. The van der Waals surface area contributed by atoms with Gasteiger partial charge in [0.25, 0.3) is 0 Å². The molecule has 1 fully saturated rings. The quantitative estimate of drug-likeness (QED) is 0.867. The molecule has 4 heteroatoms. The smallest absolute Gasteiger partial charge is 0.320 e. The van der Waals surface area contributed by atoms with Crippen LogP contribution in [0.3, 0.4) is 0 Å². The molecule has 0 radical (unpaired) electrons. The molecular formula is C16H23NO3. The maximum Gasteiger partial charge on any atom is 0.320 e. The molecule has 110 valence electrons. The van der Waals surface area contributed by atoms with E-state index in [0.717, 1.165) is 35.3 Å². The summed E-state index contributed by atoms with van der Waals surface area (Å²) in [4.78, 5) is 10.9. The third-order valence-corrected chi connectivity index (χ3v) is 4.10. The lowest BCUT2D eigenvalue weighted by Gasteiger charge is -2.21. The summed E-state index contributed by atoms with van der Waals surface area (Å²) in [7, 11) is 0. The van der Waals surface area contributed by atoms with Crippen LogP contribution in [-0.2, 0) is 11.2 Å². The van der Waals surface area contributed by atoms with Crippen LogP contribution in [0.2, 0.25) is 0 Å². The molecule has 4 nitrogen and oxygen atoms in total. The van der Waals surface area contributed by atoms with Crippen molar-refractivity contribution in [2.45, 2.75) is 58.1 Å². The standard InChI is InChI=1S/C16H23NO3/c1-10-7-8-12(9-14(17)16(18)19)15(11(10)2)20-13-5-3-4-6-13/h7-8,13-14H,3-6,9,17H2,1-2H3,(H,18,19). The predicted molar refractivity (Wildman–Crippen MR) is 78.1 cm³/mol. The Bertz CT molecular complexity index is 493. The van der Waals surface area contributed by atoms with Gasteiger partial charge in [0.2, 0.25) is 0 Å². The molecule has 1 unspecified atom stereocenters. The number of aliphatic carboxylic acids is 1. The molecule has 0 spiro atoms. The number of carbonyl (C=O) groups is 1. The van der Waals surface area contributed by atoms with Crippen LogP contribution in [-0.4, -0.2) is 23.2 Å². The van der Waals surface area contributed by atoms with Crippen molar-refractivity contribution in [3.05, 3.63) is 28.8 Å². The second-order valence-electron chi connectivity index (χ2n) is 5.67. The lowest BCUT2D eigenvalue weighted by atomic mass is 9.99. The van der Waals surface area contributed by atoms with E-state index in [4.69, 9.17) is 15.6 Å². The van der Waals surface area contributed by atoms with Crippen molar-refractivity contribution in [2.75, 3.05) is 0 Å². The van der Waals surface area contributed by atoms with Gasteiger partial charge in [-0.3, -0.25) is 4.79 Å². The highest BCUT2D eigenvalue weighted by Gasteiger charge is 2.22. The Hall–Kier alpha value is -1.55. The van der Waals surface area contributed by atoms with Crippen LogP contribution in [0.25, 0.3) is 0 Å². The Morgan fingerprint density at radius 3 is 2.65 bits per heavy atom. The Balaban J connectivity index is 2.25. The van der Waals surface area contributed by atoms with Crippen molar-refractivity contribution in [1.82, 2.24) is 0 Å². The molecule has 2 rings (SSSR count). The lowest BCUT2D eigenvalue weighted by Crippen LogP contribution is -2.32. The third-order valence-electron chi connectivity index (χ3n) is 4.10. The van der Waals surface area contributed by atoms with Crippen LogP contribution in [0.15, 0.2) is 12.1 Å². The van der Waals surface area contributed by atoms with E-state index in [1.807, 2.05) is 26.0 Å². The van der Waals surface area contributed by atoms with Gasteiger partial charge in [-0.2, -0.15) is 0 Å². The van der Waals surface area contributed by atoms with Crippen LogP contribution in [0, 0.1) is 13.8 Å². The van der Waals surface area contributed by atoms with Gasteiger partial charge >= 0.3 is 5.97 Å². The summed E-state index contributed by atoms with van der Waals surface area (Å²) in [5.41, 5.74) is 8.80. The second-order valence-corrected chi connectivity index (χ2v) is 5.67. The minimum atomic E-state index is -0.977. The fourth-order valence-electron chi connectivity index (χ4n) is 2.67. The molecule has 1 aromatic carbocycles. The molecule has 0 aromatic heterocycles. The van der Waals surface area contributed by atoms with Crippen LogP contribution in [0.4, 0.5) is 0 Å². The largest absolute Gasteiger partial charge is 0.490 e. The topological polar surface area (TPSA) is 72.6 Å². The number of carboxylic acids is 1. The molecule has 1 atom stereocenters. The number of ether oxygens (including phenoxy) is 1. The summed E-state index contributed by atoms with van der Waals surface area (Å²) >= 11 is 0. The number of hydrogen-bond donors (Lipinski definition) is 2. The van der Waals surface area contributed by atoms with Crippen LogP contribution >= 0.6 is 0 Å². The first-order valence-corrected chi connectivity index (χ1v) is 7.23.